The van der Waals surface area contributed by atoms with E-state index in [0.717, 1.165) is 0 Å². The number of hydrogen-bond acceptors (Lipinski definition) is 2. The molecule has 0 N–H and O–H groups in total. The standard InChI is InChI=1S/C14H23F2NO2/c1-3-5-7-12(6-4-2)14(15,16)13(18)17-8-10-19-11-9-17/h5,7,12H,3-4,6,8-11H2,1-2H3/b7-5+. The van der Waals surface area contributed by atoms with E-state index < -0.39 is 17.7 Å². The molecule has 110 valence electrons. The fourth-order valence-electron chi connectivity index (χ4n) is 2.15. The van der Waals surface area contributed by atoms with E-state index in [1.807, 2.05) is 13.8 Å². The van der Waals surface area contributed by atoms with Crippen molar-refractivity contribution in [2.75, 3.05) is 26.3 Å². The lowest BCUT2D eigenvalue weighted by Crippen LogP contribution is -2.51. The predicted molar refractivity (Wildman–Crippen MR) is 70.2 cm³/mol. The number of rotatable bonds is 6. The molecule has 3 nitrogen and oxygen atoms in total. The van der Waals surface area contributed by atoms with Gasteiger partial charge in [-0.05, 0) is 12.8 Å². The fourth-order valence-corrected chi connectivity index (χ4v) is 2.15. The van der Waals surface area contributed by atoms with Crippen molar-refractivity contribution in [1.82, 2.24) is 4.90 Å². The van der Waals surface area contributed by atoms with E-state index in [-0.39, 0.29) is 13.1 Å². The minimum absolute atomic E-state index is 0.255. The molecule has 0 aromatic heterocycles. The van der Waals surface area contributed by atoms with Crippen molar-refractivity contribution >= 4 is 5.91 Å². The van der Waals surface area contributed by atoms with Crippen LogP contribution in [-0.2, 0) is 9.53 Å². The van der Waals surface area contributed by atoms with E-state index in [1.54, 1.807) is 6.08 Å². The Morgan fingerprint density at radius 3 is 2.53 bits per heavy atom. The predicted octanol–water partition coefficient (Wildman–Crippen LogP) is 2.86. The summed E-state index contributed by atoms with van der Waals surface area (Å²) in [6.45, 7) is 4.93. The summed E-state index contributed by atoms with van der Waals surface area (Å²) in [5, 5.41) is 0. The Balaban J connectivity index is 2.78. The summed E-state index contributed by atoms with van der Waals surface area (Å²) in [5.74, 6) is -5.39. The van der Waals surface area contributed by atoms with Gasteiger partial charge in [0.1, 0.15) is 0 Å². The summed E-state index contributed by atoms with van der Waals surface area (Å²) in [6, 6.07) is 0. The molecule has 1 saturated heterocycles. The molecule has 0 aromatic rings. The molecule has 0 spiro atoms. The van der Waals surface area contributed by atoms with Crippen LogP contribution >= 0.6 is 0 Å². The van der Waals surface area contributed by atoms with Crippen LogP contribution in [0.4, 0.5) is 8.78 Å². The Labute approximate surface area is 113 Å². The van der Waals surface area contributed by atoms with Crippen LogP contribution in [0, 0.1) is 5.92 Å². The zero-order valence-corrected chi connectivity index (χ0v) is 11.7. The van der Waals surface area contributed by atoms with E-state index in [4.69, 9.17) is 4.74 Å². The van der Waals surface area contributed by atoms with Gasteiger partial charge in [-0.25, -0.2) is 0 Å². The quantitative estimate of drug-likeness (QED) is 0.698. The first-order valence-electron chi connectivity index (χ1n) is 6.95. The van der Waals surface area contributed by atoms with Crippen LogP contribution in [-0.4, -0.2) is 43.0 Å². The van der Waals surface area contributed by atoms with Gasteiger partial charge in [-0.2, -0.15) is 8.78 Å². The third kappa shape index (κ3) is 4.27. The Morgan fingerprint density at radius 2 is 2.00 bits per heavy atom. The van der Waals surface area contributed by atoms with Gasteiger partial charge in [-0.3, -0.25) is 4.79 Å². The summed E-state index contributed by atoms with van der Waals surface area (Å²) in [6.07, 6.45) is 4.84. The topological polar surface area (TPSA) is 29.5 Å². The van der Waals surface area contributed by atoms with E-state index in [2.05, 4.69) is 0 Å². The molecule has 0 radical (unpaired) electrons. The third-order valence-electron chi connectivity index (χ3n) is 3.25. The summed E-state index contributed by atoms with van der Waals surface area (Å²) < 4.78 is 33.7. The molecule has 1 atom stereocenters. The second-order valence-corrected chi connectivity index (χ2v) is 4.76. The number of carbonyl (C=O) groups is 1. The Morgan fingerprint density at radius 1 is 1.37 bits per heavy atom. The highest BCUT2D eigenvalue weighted by atomic mass is 19.3. The molecule has 19 heavy (non-hydrogen) atoms. The van der Waals surface area contributed by atoms with Crippen LogP contribution in [0.15, 0.2) is 12.2 Å². The van der Waals surface area contributed by atoms with Gasteiger partial charge < -0.3 is 9.64 Å². The summed E-state index contributed by atoms with van der Waals surface area (Å²) in [5.41, 5.74) is 0. The molecule has 0 aliphatic carbocycles. The smallest absolute Gasteiger partial charge is 0.330 e. The Bertz CT molecular complexity index is 313. The van der Waals surface area contributed by atoms with Gasteiger partial charge >= 0.3 is 5.92 Å². The molecule has 1 aliphatic rings. The zero-order valence-electron chi connectivity index (χ0n) is 11.7. The number of ether oxygens (including phenoxy) is 1. The summed E-state index contributed by atoms with van der Waals surface area (Å²) in [4.78, 5) is 13.2. The van der Waals surface area contributed by atoms with E-state index in [1.165, 1.54) is 11.0 Å². The van der Waals surface area contributed by atoms with Crippen LogP contribution < -0.4 is 0 Å². The molecule has 1 heterocycles. The highest BCUT2D eigenvalue weighted by Crippen LogP contribution is 2.32. The van der Waals surface area contributed by atoms with Crippen LogP contribution in [0.25, 0.3) is 0 Å². The molecule has 1 fully saturated rings. The van der Waals surface area contributed by atoms with Crippen LogP contribution in [0.2, 0.25) is 0 Å². The lowest BCUT2D eigenvalue weighted by molar-refractivity contribution is -0.167. The first-order chi connectivity index (χ1) is 9.04. The highest BCUT2D eigenvalue weighted by molar-refractivity contribution is 5.84. The normalized spacial score (nSPS) is 18.8. The molecule has 0 aromatic carbocycles. The lowest BCUT2D eigenvalue weighted by atomic mass is 9.94. The highest BCUT2D eigenvalue weighted by Gasteiger charge is 2.47. The van der Waals surface area contributed by atoms with Gasteiger partial charge in [0.05, 0.1) is 19.1 Å². The van der Waals surface area contributed by atoms with E-state index in [9.17, 15) is 13.6 Å². The number of halogens is 2. The third-order valence-corrected chi connectivity index (χ3v) is 3.25. The van der Waals surface area contributed by atoms with E-state index in [0.29, 0.717) is 32.5 Å². The first kappa shape index (κ1) is 16.1. The van der Waals surface area contributed by atoms with Crippen molar-refractivity contribution in [3.8, 4) is 0 Å². The molecule has 5 heteroatoms. The van der Waals surface area contributed by atoms with Gasteiger partial charge in [0.15, 0.2) is 0 Å². The summed E-state index contributed by atoms with van der Waals surface area (Å²) in [7, 11) is 0. The minimum atomic E-state index is -3.32. The van der Waals surface area contributed by atoms with Gasteiger partial charge in [-0.15, -0.1) is 0 Å². The number of alkyl halides is 2. The number of morpholine rings is 1. The molecule has 1 aliphatic heterocycles. The van der Waals surface area contributed by atoms with Crippen LogP contribution in [0.3, 0.4) is 0 Å². The molecular weight excluding hydrogens is 252 g/mol. The van der Waals surface area contributed by atoms with Gasteiger partial charge in [0.2, 0.25) is 0 Å². The van der Waals surface area contributed by atoms with Crippen molar-refractivity contribution in [2.24, 2.45) is 5.92 Å². The van der Waals surface area contributed by atoms with Gasteiger partial charge in [0.25, 0.3) is 5.91 Å². The number of carbonyl (C=O) groups excluding carboxylic acids is 1. The molecular formula is C14H23F2NO2. The van der Waals surface area contributed by atoms with E-state index >= 15 is 0 Å². The van der Waals surface area contributed by atoms with Crippen molar-refractivity contribution in [1.29, 1.82) is 0 Å². The lowest BCUT2D eigenvalue weighted by Gasteiger charge is -2.32. The SMILES string of the molecule is CC/C=C/C(CCC)C(F)(F)C(=O)N1CCOCC1. The minimum Gasteiger partial charge on any atom is -0.378 e. The first-order valence-corrected chi connectivity index (χ1v) is 6.95. The molecule has 0 saturated carbocycles. The maximum absolute atomic E-state index is 14.3. The Kier molecular flexibility index (Phi) is 6.42. The van der Waals surface area contributed by atoms with Crippen LogP contribution in [0.5, 0.6) is 0 Å². The largest absolute Gasteiger partial charge is 0.378 e. The van der Waals surface area contributed by atoms with Crippen molar-refractivity contribution in [3.05, 3.63) is 12.2 Å². The zero-order chi connectivity index (χ0) is 14.3. The monoisotopic (exact) mass is 275 g/mol. The average Bonchev–Trinajstić information content (AvgIpc) is 2.43. The van der Waals surface area contributed by atoms with Crippen molar-refractivity contribution < 1.29 is 18.3 Å². The number of nitrogens with zero attached hydrogens (tertiary/aromatic N) is 1. The maximum atomic E-state index is 14.3. The summed E-state index contributed by atoms with van der Waals surface area (Å²) >= 11 is 0. The van der Waals surface area contributed by atoms with Crippen LogP contribution in [0.1, 0.15) is 33.1 Å². The molecule has 1 unspecified atom stereocenters. The molecule has 1 rings (SSSR count). The van der Waals surface area contributed by atoms with Gasteiger partial charge in [0, 0.05) is 13.1 Å². The number of allylic oxidation sites excluding steroid dienone is 2. The number of amides is 1. The second kappa shape index (κ2) is 7.58. The Hall–Kier alpha value is -0.970. The van der Waals surface area contributed by atoms with Crippen molar-refractivity contribution in [2.45, 2.75) is 39.0 Å². The van der Waals surface area contributed by atoms with Crippen molar-refractivity contribution in [3.63, 3.8) is 0 Å². The maximum Gasteiger partial charge on any atom is 0.330 e. The number of hydrogen-bond donors (Lipinski definition) is 0. The van der Waals surface area contributed by atoms with Gasteiger partial charge in [-0.1, -0.05) is 32.4 Å². The average molecular weight is 275 g/mol. The molecule has 0 bridgehead atoms. The second-order valence-electron chi connectivity index (χ2n) is 4.76. The molecule has 1 amide bonds. The fraction of sp³-hybridized carbons (Fsp3) is 0.786.